The summed E-state index contributed by atoms with van der Waals surface area (Å²) in [6, 6.07) is 12.2. The van der Waals surface area contributed by atoms with Crippen LogP contribution in [0, 0.1) is 5.21 Å². The van der Waals surface area contributed by atoms with Crippen LogP contribution in [-0.4, -0.2) is 41.7 Å². The van der Waals surface area contributed by atoms with Crippen molar-refractivity contribution in [1.82, 2.24) is 9.63 Å². The van der Waals surface area contributed by atoms with Gasteiger partial charge >= 0.3 is 0 Å². The van der Waals surface area contributed by atoms with Crippen LogP contribution in [0.5, 0.6) is 5.75 Å². The van der Waals surface area contributed by atoms with Gasteiger partial charge in [-0.05, 0) is 61.3 Å². The highest BCUT2D eigenvalue weighted by molar-refractivity contribution is 6.31. The number of halogens is 1. The van der Waals surface area contributed by atoms with E-state index in [-0.39, 0.29) is 40.3 Å². The van der Waals surface area contributed by atoms with Gasteiger partial charge in [-0.1, -0.05) is 37.6 Å². The summed E-state index contributed by atoms with van der Waals surface area (Å²) < 4.78 is 6.56. The third kappa shape index (κ3) is 4.25. The van der Waals surface area contributed by atoms with Gasteiger partial charge in [0.15, 0.2) is 5.78 Å². The number of ether oxygens (including phenoxy) is 1. The summed E-state index contributed by atoms with van der Waals surface area (Å²) in [6.45, 7) is 7.70. The number of benzene rings is 2. The Balaban J connectivity index is 1.56. The fraction of sp³-hybridized carbons (Fsp3) is 0.360. The van der Waals surface area contributed by atoms with Crippen molar-refractivity contribution in [2.75, 3.05) is 26.2 Å². The van der Waals surface area contributed by atoms with Gasteiger partial charge in [0.25, 0.3) is 0 Å². The van der Waals surface area contributed by atoms with Crippen LogP contribution in [0.1, 0.15) is 47.8 Å². The summed E-state index contributed by atoms with van der Waals surface area (Å²) >= 11 is 5.99. The van der Waals surface area contributed by atoms with Crippen LogP contribution in [0.4, 0.5) is 0 Å². The number of ketones is 1. The molecule has 0 fully saturated rings. The van der Waals surface area contributed by atoms with E-state index in [1.54, 1.807) is 6.07 Å². The minimum Gasteiger partial charge on any atom is -0.805 e. The summed E-state index contributed by atoms with van der Waals surface area (Å²) in [4.78, 5) is 28.1. The molecule has 6 nitrogen and oxygen atoms in total. The van der Waals surface area contributed by atoms with Crippen molar-refractivity contribution in [1.29, 1.82) is 0 Å². The third-order valence-corrected chi connectivity index (χ3v) is 6.49. The predicted molar refractivity (Wildman–Crippen MR) is 127 cm³/mol. The highest BCUT2D eigenvalue weighted by atomic mass is 35.5. The Labute approximate surface area is 191 Å². The molecular formula is C25H26ClN2O4-. The van der Waals surface area contributed by atoms with Crippen molar-refractivity contribution in [3.8, 4) is 5.75 Å². The maximum atomic E-state index is 13.0. The number of pyridine rings is 1. The van der Waals surface area contributed by atoms with Gasteiger partial charge in [0.1, 0.15) is 12.4 Å². The van der Waals surface area contributed by atoms with E-state index in [1.807, 2.05) is 24.3 Å². The molecule has 0 radical (unpaired) electrons. The van der Waals surface area contributed by atoms with Gasteiger partial charge in [-0.2, -0.15) is 0 Å². The van der Waals surface area contributed by atoms with Crippen LogP contribution >= 0.6 is 11.6 Å². The average Bonchev–Trinajstić information content (AvgIpc) is 2.80. The summed E-state index contributed by atoms with van der Waals surface area (Å²) in [5, 5.41) is 13.5. The summed E-state index contributed by atoms with van der Waals surface area (Å²) in [5.41, 5.74) is 1.02. The molecule has 168 valence electrons. The SMILES string of the molecule is CCN(CC)CCOc1ccc(C2CC(=O)c3c(n([O-])c4ccc(Cl)cc4c3=O)C2)cc1. The van der Waals surface area contributed by atoms with E-state index >= 15 is 0 Å². The molecule has 0 bridgehead atoms. The second-order valence-corrected chi connectivity index (χ2v) is 8.52. The van der Waals surface area contributed by atoms with Crippen molar-refractivity contribution in [3.63, 3.8) is 0 Å². The van der Waals surface area contributed by atoms with E-state index in [2.05, 4.69) is 18.7 Å². The quantitative estimate of drug-likeness (QED) is 0.521. The van der Waals surface area contributed by atoms with Crippen LogP contribution in [-0.2, 0) is 6.42 Å². The number of likely N-dealkylation sites (N-methyl/N-ethyl adjacent to an activating group) is 1. The third-order valence-electron chi connectivity index (χ3n) is 6.26. The molecule has 0 N–H and O–H groups in total. The first-order valence-electron chi connectivity index (χ1n) is 11.0. The number of hydrogen-bond acceptors (Lipinski definition) is 5. The topological polar surface area (TPSA) is 74.6 Å². The number of fused-ring (bicyclic) bond motifs is 2. The maximum Gasteiger partial charge on any atom is 0.200 e. The Bertz CT molecular complexity index is 1200. The van der Waals surface area contributed by atoms with Crippen LogP contribution in [0.25, 0.3) is 10.9 Å². The molecule has 0 spiro atoms. The van der Waals surface area contributed by atoms with Crippen LogP contribution in [0.15, 0.2) is 47.3 Å². The monoisotopic (exact) mass is 453 g/mol. The van der Waals surface area contributed by atoms with Gasteiger partial charge in [0.05, 0.1) is 5.56 Å². The number of carbonyl (C=O) groups excluding carboxylic acids is 1. The zero-order chi connectivity index (χ0) is 22.8. The lowest BCUT2D eigenvalue weighted by molar-refractivity contribution is 0.0961. The molecule has 4 rings (SSSR count). The predicted octanol–water partition coefficient (Wildman–Crippen LogP) is 4.63. The number of rotatable bonds is 7. The first-order valence-corrected chi connectivity index (χ1v) is 11.3. The van der Waals surface area contributed by atoms with E-state index in [9.17, 15) is 14.8 Å². The fourth-order valence-corrected chi connectivity index (χ4v) is 4.56. The number of aromatic nitrogens is 1. The molecule has 0 saturated heterocycles. The maximum absolute atomic E-state index is 13.0. The molecular weight excluding hydrogens is 428 g/mol. The summed E-state index contributed by atoms with van der Waals surface area (Å²) in [7, 11) is 0. The van der Waals surface area contributed by atoms with Crippen LogP contribution < -0.4 is 10.2 Å². The van der Waals surface area contributed by atoms with Crippen molar-refractivity contribution in [2.45, 2.75) is 32.6 Å². The zero-order valence-electron chi connectivity index (χ0n) is 18.3. The second-order valence-electron chi connectivity index (χ2n) is 8.08. The van der Waals surface area contributed by atoms with Crippen molar-refractivity contribution in [2.24, 2.45) is 0 Å². The van der Waals surface area contributed by atoms with Crippen molar-refractivity contribution >= 4 is 28.3 Å². The highest BCUT2D eigenvalue weighted by Gasteiger charge is 2.30. The Kier molecular flexibility index (Phi) is 6.53. The number of hydrogen-bond donors (Lipinski definition) is 0. The van der Waals surface area contributed by atoms with Crippen LogP contribution in [0.3, 0.4) is 0 Å². The van der Waals surface area contributed by atoms with E-state index in [0.717, 1.165) is 35.7 Å². The Hall–Kier alpha value is -2.83. The second kappa shape index (κ2) is 9.35. The molecule has 3 aromatic rings. The lowest BCUT2D eigenvalue weighted by Crippen LogP contribution is -2.29. The van der Waals surface area contributed by atoms with E-state index < -0.39 is 5.43 Å². The van der Waals surface area contributed by atoms with Crippen LogP contribution in [0.2, 0.25) is 5.02 Å². The van der Waals surface area contributed by atoms with Gasteiger partial charge in [0.2, 0.25) is 5.43 Å². The van der Waals surface area contributed by atoms with E-state index in [4.69, 9.17) is 16.3 Å². The Morgan fingerprint density at radius 1 is 1.09 bits per heavy atom. The first-order chi connectivity index (χ1) is 15.4. The molecule has 0 saturated carbocycles. The highest BCUT2D eigenvalue weighted by Crippen LogP contribution is 2.34. The van der Waals surface area contributed by atoms with Crippen molar-refractivity contribution in [3.05, 3.63) is 79.7 Å². The van der Waals surface area contributed by atoms with Gasteiger partial charge in [-0.15, -0.1) is 0 Å². The van der Waals surface area contributed by atoms with Crippen molar-refractivity contribution < 1.29 is 9.53 Å². The van der Waals surface area contributed by atoms with Gasteiger partial charge in [-0.25, -0.2) is 0 Å². The largest absolute Gasteiger partial charge is 0.805 e. The molecule has 2 aromatic carbocycles. The molecule has 1 heterocycles. The molecule has 1 aliphatic carbocycles. The molecule has 32 heavy (non-hydrogen) atoms. The summed E-state index contributed by atoms with van der Waals surface area (Å²) in [5.74, 6) is 0.309. The van der Waals surface area contributed by atoms with E-state index in [1.165, 1.54) is 12.1 Å². The molecule has 0 aliphatic heterocycles. The Morgan fingerprint density at radius 2 is 1.81 bits per heavy atom. The molecule has 0 amide bonds. The average molecular weight is 454 g/mol. The molecule has 7 heteroatoms. The molecule has 1 aliphatic rings. The zero-order valence-corrected chi connectivity index (χ0v) is 19.0. The lowest BCUT2D eigenvalue weighted by Gasteiger charge is -2.30. The number of carbonyl (C=O) groups is 1. The lowest BCUT2D eigenvalue weighted by atomic mass is 9.81. The fourth-order valence-electron chi connectivity index (χ4n) is 4.39. The smallest absolute Gasteiger partial charge is 0.200 e. The van der Waals surface area contributed by atoms with Gasteiger partial charge < -0.3 is 19.6 Å². The molecule has 1 atom stereocenters. The molecule has 1 aromatic heterocycles. The standard InChI is InChI=1S/C25H26ClN2O4/c1-3-27(4-2)11-12-32-19-8-5-16(6-9-19)17-13-22-24(23(29)14-17)25(30)20-15-18(26)7-10-21(20)28(22)31/h5-10,15,17H,3-4,11-14H2,1-2H3/q-1. The summed E-state index contributed by atoms with van der Waals surface area (Å²) in [6.07, 6.45) is 0.525. The minimum atomic E-state index is -0.412. The van der Waals surface area contributed by atoms with Gasteiger partial charge in [0, 0.05) is 34.6 Å². The minimum absolute atomic E-state index is 0.00220. The first kappa shape index (κ1) is 22.4. The van der Waals surface area contributed by atoms with Gasteiger partial charge in [-0.3, -0.25) is 9.59 Å². The molecule has 1 unspecified atom stereocenters. The van der Waals surface area contributed by atoms with E-state index in [0.29, 0.717) is 18.1 Å². The number of Topliss-reactive ketones (excluding diaryl/α,β-unsaturated/α-hetero) is 1. The normalized spacial score (nSPS) is 15.9. The Morgan fingerprint density at radius 3 is 2.50 bits per heavy atom. The number of nitrogens with zero attached hydrogens (tertiary/aromatic N) is 2.